The maximum Gasteiger partial charge on any atom is 0.154 e. The summed E-state index contributed by atoms with van der Waals surface area (Å²) in [5.41, 5.74) is 5.63. The van der Waals surface area contributed by atoms with Crippen LogP contribution in [-0.2, 0) is 0 Å². The number of hydrogen-bond acceptors (Lipinski definition) is 2. The van der Waals surface area contributed by atoms with Crippen molar-refractivity contribution in [3.8, 4) is 0 Å². The Morgan fingerprint density at radius 1 is 1.45 bits per heavy atom. The average molecular weight is 147 g/mol. The Morgan fingerprint density at radius 2 is 2.36 bits per heavy atom. The maximum absolute atomic E-state index is 5.13. The van der Waals surface area contributed by atoms with Gasteiger partial charge in [-0.2, -0.15) is 5.10 Å². The highest BCUT2D eigenvalue weighted by molar-refractivity contribution is 6.01. The van der Waals surface area contributed by atoms with E-state index in [9.17, 15) is 0 Å². The summed E-state index contributed by atoms with van der Waals surface area (Å²) in [5.74, 6) is 0.769. The molecule has 55 valence electrons. The fraction of sp³-hybridized carbons (Fsp3) is 0.125. The van der Waals surface area contributed by atoms with E-state index in [2.05, 4.69) is 10.5 Å². The SMILES string of the molecule is CC1=N[N]C(c2ccco2)=C1. The van der Waals surface area contributed by atoms with E-state index in [0.29, 0.717) is 0 Å². The fourth-order valence-electron chi connectivity index (χ4n) is 0.933. The zero-order chi connectivity index (χ0) is 7.68. The number of hydrogen-bond donors (Lipinski definition) is 0. The molecule has 1 aromatic rings. The third-order valence-corrected chi connectivity index (χ3v) is 1.43. The van der Waals surface area contributed by atoms with Crippen molar-refractivity contribution in [3.63, 3.8) is 0 Å². The van der Waals surface area contributed by atoms with E-state index in [-0.39, 0.29) is 0 Å². The smallest absolute Gasteiger partial charge is 0.154 e. The Morgan fingerprint density at radius 3 is 2.91 bits per heavy atom. The molecule has 0 aromatic carbocycles. The summed E-state index contributed by atoms with van der Waals surface area (Å²) in [6.07, 6.45) is 3.51. The lowest BCUT2D eigenvalue weighted by molar-refractivity contribution is 0.548. The Labute approximate surface area is 64.4 Å². The van der Waals surface area contributed by atoms with Gasteiger partial charge < -0.3 is 4.42 Å². The van der Waals surface area contributed by atoms with Crippen LogP contribution in [0.15, 0.2) is 34.0 Å². The molecule has 0 fully saturated rings. The Balaban J connectivity index is 2.28. The van der Waals surface area contributed by atoms with E-state index >= 15 is 0 Å². The normalized spacial score (nSPS) is 15.7. The van der Waals surface area contributed by atoms with Crippen molar-refractivity contribution >= 4 is 11.4 Å². The van der Waals surface area contributed by atoms with Gasteiger partial charge in [-0.1, -0.05) is 0 Å². The van der Waals surface area contributed by atoms with Crippen molar-refractivity contribution in [1.29, 1.82) is 0 Å². The molecule has 0 spiro atoms. The Hall–Kier alpha value is -1.51. The lowest BCUT2D eigenvalue weighted by Crippen LogP contribution is -1.87. The van der Waals surface area contributed by atoms with Gasteiger partial charge in [-0.05, 0) is 25.1 Å². The molecule has 2 rings (SSSR count). The number of allylic oxidation sites excluding steroid dienone is 1. The summed E-state index contributed by atoms with van der Waals surface area (Å²) in [5, 5.41) is 3.86. The molecule has 0 bridgehead atoms. The highest BCUT2D eigenvalue weighted by Crippen LogP contribution is 2.16. The van der Waals surface area contributed by atoms with E-state index in [4.69, 9.17) is 4.42 Å². The molecule has 0 saturated carbocycles. The van der Waals surface area contributed by atoms with Gasteiger partial charge in [0.1, 0.15) is 5.70 Å². The second-order valence-corrected chi connectivity index (χ2v) is 2.35. The van der Waals surface area contributed by atoms with Crippen LogP contribution in [0.1, 0.15) is 12.7 Å². The standard InChI is InChI=1S/C8H7N2O/c1-6-5-7(10-9-6)8-3-2-4-11-8/h2-5H,1H3. The molecule has 0 atom stereocenters. The van der Waals surface area contributed by atoms with Crippen LogP contribution in [0.5, 0.6) is 0 Å². The Kier molecular flexibility index (Phi) is 1.28. The van der Waals surface area contributed by atoms with Crippen LogP contribution in [0.25, 0.3) is 5.70 Å². The predicted molar refractivity (Wildman–Crippen MR) is 41.9 cm³/mol. The fourth-order valence-corrected chi connectivity index (χ4v) is 0.933. The maximum atomic E-state index is 5.13. The first-order valence-corrected chi connectivity index (χ1v) is 3.37. The molecule has 3 heteroatoms. The molecule has 1 radical (unpaired) electrons. The van der Waals surface area contributed by atoms with Gasteiger partial charge in [-0.15, -0.1) is 5.43 Å². The largest absolute Gasteiger partial charge is 0.463 e. The van der Waals surface area contributed by atoms with Crippen molar-refractivity contribution in [2.24, 2.45) is 5.10 Å². The molecule has 3 nitrogen and oxygen atoms in total. The van der Waals surface area contributed by atoms with E-state index in [0.717, 1.165) is 17.2 Å². The number of furan rings is 1. The molecule has 1 aliphatic rings. The molecule has 0 unspecified atom stereocenters. The highest BCUT2D eigenvalue weighted by Gasteiger charge is 2.10. The number of rotatable bonds is 1. The van der Waals surface area contributed by atoms with Crippen molar-refractivity contribution < 1.29 is 4.42 Å². The van der Waals surface area contributed by atoms with Crippen LogP contribution in [-0.4, -0.2) is 5.71 Å². The van der Waals surface area contributed by atoms with Gasteiger partial charge in [0.2, 0.25) is 0 Å². The summed E-state index contributed by atoms with van der Waals surface area (Å²) in [6, 6.07) is 3.70. The van der Waals surface area contributed by atoms with E-state index in [1.807, 2.05) is 25.1 Å². The van der Waals surface area contributed by atoms with Crippen molar-refractivity contribution in [3.05, 3.63) is 30.2 Å². The van der Waals surface area contributed by atoms with Crippen LogP contribution in [0.3, 0.4) is 0 Å². The second-order valence-electron chi connectivity index (χ2n) is 2.35. The van der Waals surface area contributed by atoms with Crippen LogP contribution in [0, 0.1) is 0 Å². The molecule has 2 heterocycles. The van der Waals surface area contributed by atoms with Gasteiger partial charge in [0.25, 0.3) is 0 Å². The zero-order valence-electron chi connectivity index (χ0n) is 6.11. The quantitative estimate of drug-likeness (QED) is 0.594. The minimum atomic E-state index is 0.769. The summed E-state index contributed by atoms with van der Waals surface area (Å²) >= 11 is 0. The Bertz CT molecular complexity index is 309. The zero-order valence-corrected chi connectivity index (χ0v) is 6.11. The minimum Gasteiger partial charge on any atom is -0.463 e. The first kappa shape index (κ1) is 6.22. The van der Waals surface area contributed by atoms with Crippen LogP contribution >= 0.6 is 0 Å². The molecular formula is C8H7N2O. The second kappa shape index (κ2) is 2.27. The van der Waals surface area contributed by atoms with Gasteiger partial charge in [0.15, 0.2) is 5.76 Å². The first-order valence-electron chi connectivity index (χ1n) is 3.37. The monoisotopic (exact) mass is 147 g/mol. The van der Waals surface area contributed by atoms with Crippen molar-refractivity contribution in [1.82, 2.24) is 5.43 Å². The average Bonchev–Trinajstić information content (AvgIpc) is 2.55. The molecule has 0 N–H and O–H groups in total. The van der Waals surface area contributed by atoms with Crippen LogP contribution in [0.4, 0.5) is 0 Å². The molecule has 1 aromatic heterocycles. The first-order chi connectivity index (χ1) is 5.36. The van der Waals surface area contributed by atoms with Crippen LogP contribution in [0.2, 0.25) is 0 Å². The summed E-state index contributed by atoms with van der Waals surface area (Å²) in [6.45, 7) is 1.90. The van der Waals surface area contributed by atoms with E-state index in [1.54, 1.807) is 6.26 Å². The molecule has 0 amide bonds. The van der Waals surface area contributed by atoms with Gasteiger partial charge in [0, 0.05) is 0 Å². The minimum absolute atomic E-state index is 0.769. The molecule has 0 saturated heterocycles. The van der Waals surface area contributed by atoms with E-state index in [1.165, 1.54) is 0 Å². The van der Waals surface area contributed by atoms with Gasteiger partial charge in [-0.25, -0.2) is 0 Å². The molecule has 11 heavy (non-hydrogen) atoms. The summed E-state index contributed by atoms with van der Waals surface area (Å²) in [4.78, 5) is 0. The number of nitrogens with zero attached hydrogens (tertiary/aromatic N) is 2. The molecule has 1 aliphatic heterocycles. The third-order valence-electron chi connectivity index (χ3n) is 1.43. The topological polar surface area (TPSA) is 39.6 Å². The predicted octanol–water partition coefficient (Wildman–Crippen LogP) is 1.61. The van der Waals surface area contributed by atoms with Crippen LogP contribution < -0.4 is 5.43 Å². The molecular weight excluding hydrogens is 140 g/mol. The third kappa shape index (κ3) is 1.05. The van der Waals surface area contributed by atoms with Crippen molar-refractivity contribution in [2.75, 3.05) is 0 Å². The van der Waals surface area contributed by atoms with Crippen molar-refractivity contribution in [2.45, 2.75) is 6.92 Å². The highest BCUT2D eigenvalue weighted by atomic mass is 16.3. The lowest BCUT2D eigenvalue weighted by atomic mass is 10.3. The van der Waals surface area contributed by atoms with Gasteiger partial charge in [0.05, 0.1) is 12.0 Å². The van der Waals surface area contributed by atoms with Gasteiger partial charge in [-0.3, -0.25) is 0 Å². The molecule has 0 aliphatic carbocycles. The summed E-state index contributed by atoms with van der Waals surface area (Å²) in [7, 11) is 0. The summed E-state index contributed by atoms with van der Waals surface area (Å²) < 4.78 is 5.13. The van der Waals surface area contributed by atoms with E-state index < -0.39 is 0 Å². The lowest BCUT2D eigenvalue weighted by Gasteiger charge is -1.90. The van der Waals surface area contributed by atoms with Gasteiger partial charge >= 0.3 is 0 Å².